The van der Waals surface area contributed by atoms with Crippen molar-refractivity contribution in [1.82, 2.24) is 9.80 Å². The van der Waals surface area contributed by atoms with Crippen LogP contribution in [0.5, 0.6) is 5.75 Å². The molecule has 1 heterocycles. The van der Waals surface area contributed by atoms with Crippen LogP contribution in [0.3, 0.4) is 0 Å². The summed E-state index contributed by atoms with van der Waals surface area (Å²) < 4.78 is 19.5. The predicted octanol–water partition coefficient (Wildman–Crippen LogP) is 2.44. The first kappa shape index (κ1) is 19.2. The molecule has 1 aliphatic heterocycles. The molecule has 25 heavy (non-hydrogen) atoms. The maximum atomic E-state index is 14.0. The first-order valence-electron chi connectivity index (χ1n) is 7.83. The fraction of sp³-hybridized carbons (Fsp3) is 0.389. The minimum Gasteiger partial charge on any atom is -0.490 e. The van der Waals surface area contributed by atoms with Gasteiger partial charge in [0.25, 0.3) is 0 Å². The number of hydrogen-bond acceptors (Lipinski definition) is 5. The molecular weight excluding hydrogens is 343 g/mol. The van der Waals surface area contributed by atoms with Gasteiger partial charge in [0.05, 0.1) is 19.0 Å². The second kappa shape index (κ2) is 9.35. The number of ether oxygens (including phenoxy) is 1. The van der Waals surface area contributed by atoms with Crippen LogP contribution in [0, 0.1) is 17.7 Å². The number of halogens is 1. The minimum absolute atomic E-state index is 0.183. The van der Waals surface area contributed by atoms with Crippen molar-refractivity contribution < 1.29 is 19.0 Å². The van der Waals surface area contributed by atoms with Crippen LogP contribution < -0.4 is 4.74 Å². The van der Waals surface area contributed by atoms with E-state index in [1.165, 1.54) is 17.8 Å². The summed E-state index contributed by atoms with van der Waals surface area (Å²) in [5.41, 5.74) is 0.911. The smallest absolute Gasteiger partial charge is 0.352 e. The molecule has 0 aliphatic carbocycles. The van der Waals surface area contributed by atoms with Crippen molar-refractivity contribution in [1.29, 1.82) is 0 Å². The molecule has 0 atom stereocenters. The van der Waals surface area contributed by atoms with Gasteiger partial charge in [-0.3, -0.25) is 4.90 Å². The fourth-order valence-corrected chi connectivity index (χ4v) is 3.08. The van der Waals surface area contributed by atoms with Gasteiger partial charge in [-0.2, -0.15) is 0 Å². The van der Waals surface area contributed by atoms with E-state index in [0.29, 0.717) is 43.3 Å². The standard InChI is InChI=1S/C18H21FN2O3S/c1-20(2)8-3-5-14-6-7-17(15(19)11-14)24-10-4-9-21-13-25-12-16(21)18(22)23/h6-7,11-12H,4,8-10,13H2,1-2H3,(H,22,23). The second-order valence-electron chi connectivity index (χ2n) is 5.75. The number of thioether (sulfide) groups is 1. The number of rotatable bonds is 7. The molecule has 0 bridgehead atoms. The lowest BCUT2D eigenvalue weighted by Crippen LogP contribution is -2.26. The Balaban J connectivity index is 1.80. The lowest BCUT2D eigenvalue weighted by molar-refractivity contribution is -0.134. The van der Waals surface area contributed by atoms with Gasteiger partial charge >= 0.3 is 5.97 Å². The second-order valence-corrected chi connectivity index (χ2v) is 6.58. The molecule has 5 nitrogen and oxygen atoms in total. The van der Waals surface area contributed by atoms with Crippen LogP contribution >= 0.6 is 11.8 Å². The average molecular weight is 364 g/mol. The highest BCUT2D eigenvalue weighted by Gasteiger charge is 2.20. The summed E-state index contributed by atoms with van der Waals surface area (Å²) in [5, 5.41) is 10.7. The van der Waals surface area contributed by atoms with Crippen molar-refractivity contribution >= 4 is 17.7 Å². The van der Waals surface area contributed by atoms with E-state index in [9.17, 15) is 9.18 Å². The van der Waals surface area contributed by atoms with Crippen molar-refractivity contribution in [3.8, 4) is 17.6 Å². The van der Waals surface area contributed by atoms with Crippen LogP contribution in [0.15, 0.2) is 29.3 Å². The molecule has 1 aromatic carbocycles. The van der Waals surface area contributed by atoms with Crippen molar-refractivity contribution in [3.05, 3.63) is 40.7 Å². The minimum atomic E-state index is -0.928. The van der Waals surface area contributed by atoms with Crippen LogP contribution in [0.25, 0.3) is 0 Å². The number of benzene rings is 1. The molecule has 0 amide bonds. The van der Waals surface area contributed by atoms with E-state index in [4.69, 9.17) is 9.84 Å². The molecule has 0 saturated heterocycles. The van der Waals surface area contributed by atoms with Crippen LogP contribution in [0.2, 0.25) is 0 Å². The average Bonchev–Trinajstić information content (AvgIpc) is 3.01. The lowest BCUT2D eigenvalue weighted by atomic mass is 10.2. The molecule has 1 aromatic rings. The highest BCUT2D eigenvalue weighted by molar-refractivity contribution is 8.02. The summed E-state index contributed by atoms with van der Waals surface area (Å²) in [7, 11) is 3.84. The summed E-state index contributed by atoms with van der Waals surface area (Å²) in [6, 6.07) is 4.66. The number of nitrogens with zero attached hydrogens (tertiary/aromatic N) is 2. The Morgan fingerprint density at radius 3 is 2.96 bits per heavy atom. The SMILES string of the molecule is CN(C)CC#Cc1ccc(OCCCN2CSC=C2C(=O)O)c(F)c1. The Labute approximate surface area is 151 Å². The van der Waals surface area contributed by atoms with E-state index in [2.05, 4.69) is 11.8 Å². The molecule has 7 heteroatoms. The summed E-state index contributed by atoms with van der Waals surface area (Å²) in [6.45, 7) is 1.49. The van der Waals surface area contributed by atoms with E-state index < -0.39 is 11.8 Å². The molecule has 134 valence electrons. The van der Waals surface area contributed by atoms with Crippen molar-refractivity contribution in [3.63, 3.8) is 0 Å². The summed E-state index contributed by atoms with van der Waals surface area (Å²) in [6.07, 6.45) is 0.606. The van der Waals surface area contributed by atoms with Gasteiger partial charge in [0.15, 0.2) is 11.6 Å². The van der Waals surface area contributed by atoms with Crippen LogP contribution in [-0.2, 0) is 4.79 Å². The number of hydrogen-bond donors (Lipinski definition) is 1. The molecular formula is C18H21FN2O3S. The van der Waals surface area contributed by atoms with Gasteiger partial charge in [0, 0.05) is 17.5 Å². The lowest BCUT2D eigenvalue weighted by Gasteiger charge is -2.18. The highest BCUT2D eigenvalue weighted by atomic mass is 32.2. The van der Waals surface area contributed by atoms with E-state index in [0.717, 1.165) is 0 Å². The van der Waals surface area contributed by atoms with Gasteiger partial charge in [-0.15, -0.1) is 11.8 Å². The van der Waals surface area contributed by atoms with Gasteiger partial charge < -0.3 is 14.7 Å². The molecule has 0 aromatic heterocycles. The van der Waals surface area contributed by atoms with E-state index in [1.54, 1.807) is 22.4 Å². The molecule has 1 aliphatic rings. The van der Waals surface area contributed by atoms with Crippen molar-refractivity contribution in [2.45, 2.75) is 6.42 Å². The summed E-state index contributed by atoms with van der Waals surface area (Å²) >= 11 is 1.45. The molecule has 1 N–H and O–H groups in total. The Bertz CT molecular complexity index is 710. The largest absolute Gasteiger partial charge is 0.490 e. The molecule has 0 fully saturated rings. The molecule has 2 rings (SSSR count). The normalized spacial score (nSPS) is 13.4. The van der Waals surface area contributed by atoms with Gasteiger partial charge in [-0.25, -0.2) is 9.18 Å². The topological polar surface area (TPSA) is 53.0 Å². The zero-order valence-corrected chi connectivity index (χ0v) is 15.1. The van der Waals surface area contributed by atoms with E-state index >= 15 is 0 Å². The van der Waals surface area contributed by atoms with Gasteiger partial charge in [-0.05, 0) is 38.7 Å². The molecule has 0 unspecified atom stereocenters. The molecule has 0 spiro atoms. The Morgan fingerprint density at radius 1 is 1.48 bits per heavy atom. The Morgan fingerprint density at radius 2 is 2.28 bits per heavy atom. The fourth-order valence-electron chi connectivity index (χ4n) is 2.15. The monoisotopic (exact) mass is 364 g/mol. The number of carbonyl (C=O) groups is 1. The predicted molar refractivity (Wildman–Crippen MR) is 96.8 cm³/mol. The maximum Gasteiger partial charge on any atom is 0.352 e. The van der Waals surface area contributed by atoms with Gasteiger partial charge in [0.2, 0.25) is 0 Å². The zero-order valence-electron chi connectivity index (χ0n) is 14.3. The number of carboxylic acid groups (broad SMARTS) is 1. The zero-order chi connectivity index (χ0) is 18.2. The Kier molecular flexibility index (Phi) is 7.16. The van der Waals surface area contributed by atoms with E-state index in [-0.39, 0.29) is 5.75 Å². The summed E-state index contributed by atoms with van der Waals surface area (Å²) in [4.78, 5) is 14.7. The number of aliphatic carboxylic acids is 1. The van der Waals surface area contributed by atoms with Crippen LogP contribution in [-0.4, -0.2) is 60.5 Å². The molecule has 0 radical (unpaired) electrons. The maximum absolute atomic E-state index is 14.0. The number of carboxylic acids is 1. The highest BCUT2D eigenvalue weighted by Crippen LogP contribution is 2.23. The van der Waals surface area contributed by atoms with Gasteiger partial charge in [0.1, 0.15) is 5.70 Å². The van der Waals surface area contributed by atoms with Gasteiger partial charge in [-0.1, -0.05) is 11.8 Å². The first-order valence-corrected chi connectivity index (χ1v) is 8.88. The third-order valence-corrected chi connectivity index (χ3v) is 4.23. The van der Waals surface area contributed by atoms with E-state index in [1.807, 2.05) is 19.0 Å². The third kappa shape index (κ3) is 6.00. The van der Waals surface area contributed by atoms with Crippen molar-refractivity contribution in [2.75, 3.05) is 39.7 Å². The Hall–Kier alpha value is -2.17. The van der Waals surface area contributed by atoms with Crippen molar-refractivity contribution in [2.24, 2.45) is 0 Å². The van der Waals surface area contributed by atoms with Crippen LogP contribution in [0.1, 0.15) is 12.0 Å². The molecule has 0 saturated carbocycles. The summed E-state index contributed by atoms with van der Waals surface area (Å²) in [5.74, 6) is 5.29. The quantitative estimate of drug-likeness (QED) is 0.592. The third-order valence-electron chi connectivity index (χ3n) is 3.37. The van der Waals surface area contributed by atoms with Crippen LogP contribution in [0.4, 0.5) is 4.39 Å². The first-order chi connectivity index (χ1) is 12.0.